The number of ether oxygens (including phenoxy) is 1. The average molecular weight is 374 g/mol. The summed E-state index contributed by atoms with van der Waals surface area (Å²) in [5.74, 6) is 1.49. The van der Waals surface area contributed by atoms with Gasteiger partial charge in [0.05, 0.1) is 0 Å². The minimum Gasteiger partial charge on any atom is -0.457 e. The first-order valence-corrected chi connectivity index (χ1v) is 9.72. The second-order valence-corrected chi connectivity index (χ2v) is 7.54. The predicted molar refractivity (Wildman–Crippen MR) is 115 cm³/mol. The number of hydrogen-bond donors (Lipinski definition) is 0. The van der Waals surface area contributed by atoms with Crippen LogP contribution in [0, 0.1) is 12.7 Å². The molecule has 0 heterocycles. The van der Waals surface area contributed by atoms with Crippen LogP contribution in [0.3, 0.4) is 0 Å². The van der Waals surface area contributed by atoms with Gasteiger partial charge in [0.15, 0.2) is 0 Å². The van der Waals surface area contributed by atoms with Crippen molar-refractivity contribution < 1.29 is 9.13 Å². The Hall–Kier alpha value is -2.87. The fourth-order valence-corrected chi connectivity index (χ4v) is 3.36. The van der Waals surface area contributed by atoms with Crippen LogP contribution in [0.2, 0.25) is 0 Å². The first kappa shape index (κ1) is 19.9. The molecule has 1 unspecified atom stereocenters. The quantitative estimate of drug-likeness (QED) is 0.373. The summed E-state index contributed by atoms with van der Waals surface area (Å²) in [6, 6.07) is 23.1. The molecule has 2 heteroatoms. The van der Waals surface area contributed by atoms with Crippen molar-refractivity contribution in [1.29, 1.82) is 0 Å². The average Bonchev–Trinajstić information content (AvgIpc) is 2.70. The molecule has 0 aliphatic heterocycles. The zero-order valence-corrected chi connectivity index (χ0v) is 16.6. The first-order chi connectivity index (χ1) is 13.5. The molecule has 3 rings (SSSR count). The van der Waals surface area contributed by atoms with Crippen molar-refractivity contribution >= 4 is 0 Å². The highest BCUT2D eigenvalue weighted by Gasteiger charge is 2.22. The van der Waals surface area contributed by atoms with Crippen molar-refractivity contribution in [3.63, 3.8) is 0 Å². The number of benzene rings is 3. The molecule has 3 aromatic rings. The van der Waals surface area contributed by atoms with Crippen LogP contribution in [0.4, 0.5) is 4.39 Å². The van der Waals surface area contributed by atoms with E-state index in [-0.39, 0.29) is 11.2 Å². The Labute approximate surface area is 167 Å². The first-order valence-electron chi connectivity index (χ1n) is 9.72. The van der Waals surface area contributed by atoms with Crippen molar-refractivity contribution in [2.45, 2.75) is 38.5 Å². The molecule has 1 nitrogen and oxygen atoms in total. The van der Waals surface area contributed by atoms with Gasteiger partial charge in [0.2, 0.25) is 0 Å². The lowest BCUT2D eigenvalue weighted by Crippen LogP contribution is -2.18. The lowest BCUT2D eigenvalue weighted by Gasteiger charge is -2.26. The van der Waals surface area contributed by atoms with E-state index in [1.54, 1.807) is 0 Å². The molecule has 28 heavy (non-hydrogen) atoms. The molecule has 3 aromatic carbocycles. The van der Waals surface area contributed by atoms with Gasteiger partial charge in [0, 0.05) is 5.41 Å². The third-order valence-electron chi connectivity index (χ3n) is 5.27. The fourth-order valence-electron chi connectivity index (χ4n) is 3.36. The summed E-state index contributed by atoms with van der Waals surface area (Å²) in [5, 5.41) is 0. The van der Waals surface area contributed by atoms with E-state index >= 15 is 0 Å². The maximum atomic E-state index is 13.2. The second-order valence-electron chi connectivity index (χ2n) is 7.54. The minimum atomic E-state index is -0.208. The van der Waals surface area contributed by atoms with E-state index < -0.39 is 0 Å². The lowest BCUT2D eigenvalue weighted by molar-refractivity contribution is 0.480. The van der Waals surface area contributed by atoms with Crippen LogP contribution >= 0.6 is 0 Å². The van der Waals surface area contributed by atoms with E-state index in [1.165, 1.54) is 23.3 Å². The molecule has 144 valence electrons. The largest absolute Gasteiger partial charge is 0.457 e. The van der Waals surface area contributed by atoms with E-state index in [9.17, 15) is 4.39 Å². The molecular weight excluding hydrogens is 347 g/mol. The van der Waals surface area contributed by atoms with E-state index in [4.69, 9.17) is 4.74 Å². The molecule has 0 bridgehead atoms. The molecule has 0 saturated heterocycles. The molecule has 1 atom stereocenters. The Morgan fingerprint density at radius 1 is 0.964 bits per heavy atom. The minimum absolute atomic E-state index is 0.163. The number of allylic oxidation sites excluding steroid dienone is 1. The van der Waals surface area contributed by atoms with Gasteiger partial charge in [-0.05, 0) is 73.7 Å². The maximum Gasteiger partial charge on any atom is 0.127 e. The normalized spacial score (nSPS) is 13.0. The molecule has 0 radical (unpaired) electrons. The third kappa shape index (κ3) is 5.10. The van der Waals surface area contributed by atoms with Crippen LogP contribution in [-0.4, -0.2) is 0 Å². The van der Waals surface area contributed by atoms with Gasteiger partial charge in [-0.3, -0.25) is 0 Å². The van der Waals surface area contributed by atoms with Gasteiger partial charge in [-0.25, -0.2) is 4.39 Å². The lowest BCUT2D eigenvalue weighted by atomic mass is 9.78. The Bertz CT molecular complexity index is 912. The smallest absolute Gasteiger partial charge is 0.127 e. The molecule has 0 aliphatic rings. The highest BCUT2D eigenvalue weighted by Crippen LogP contribution is 2.31. The van der Waals surface area contributed by atoms with E-state index in [0.717, 1.165) is 36.3 Å². The molecular formula is C26H27FO. The van der Waals surface area contributed by atoms with Crippen molar-refractivity contribution in [1.82, 2.24) is 0 Å². The van der Waals surface area contributed by atoms with Crippen LogP contribution < -0.4 is 4.74 Å². The van der Waals surface area contributed by atoms with Crippen molar-refractivity contribution in [3.8, 4) is 11.5 Å². The summed E-state index contributed by atoms with van der Waals surface area (Å²) >= 11 is 0. The van der Waals surface area contributed by atoms with Gasteiger partial charge in [-0.15, -0.1) is 6.58 Å². The van der Waals surface area contributed by atoms with E-state index in [1.807, 2.05) is 54.6 Å². The van der Waals surface area contributed by atoms with Crippen LogP contribution in [0.25, 0.3) is 0 Å². The van der Waals surface area contributed by atoms with Crippen LogP contribution in [0.15, 0.2) is 85.5 Å². The summed E-state index contributed by atoms with van der Waals surface area (Å²) in [6.07, 6.45) is 4.88. The molecule has 0 aromatic heterocycles. The number of rotatable bonds is 8. The van der Waals surface area contributed by atoms with Gasteiger partial charge >= 0.3 is 0 Å². The van der Waals surface area contributed by atoms with Crippen LogP contribution in [0.5, 0.6) is 11.5 Å². The topological polar surface area (TPSA) is 9.23 Å². The van der Waals surface area contributed by atoms with Crippen LogP contribution in [0.1, 0.15) is 36.5 Å². The summed E-state index contributed by atoms with van der Waals surface area (Å²) in [5.41, 5.74) is 3.40. The van der Waals surface area contributed by atoms with Crippen molar-refractivity contribution in [2.24, 2.45) is 0 Å². The molecule has 0 spiro atoms. The van der Waals surface area contributed by atoms with Crippen molar-refractivity contribution in [3.05, 3.63) is 108 Å². The molecule has 0 aliphatic carbocycles. The number of aryl methyl sites for hydroxylation is 2. The van der Waals surface area contributed by atoms with Gasteiger partial charge in [0.25, 0.3) is 0 Å². The Kier molecular flexibility index (Phi) is 6.30. The summed E-state index contributed by atoms with van der Waals surface area (Å²) in [6.45, 7) is 8.23. The number of halogens is 1. The van der Waals surface area contributed by atoms with Crippen molar-refractivity contribution in [2.75, 3.05) is 0 Å². The maximum absolute atomic E-state index is 13.2. The third-order valence-corrected chi connectivity index (χ3v) is 5.27. The zero-order valence-electron chi connectivity index (χ0n) is 16.6. The Morgan fingerprint density at radius 2 is 1.68 bits per heavy atom. The Morgan fingerprint density at radius 3 is 2.36 bits per heavy atom. The highest BCUT2D eigenvalue weighted by molar-refractivity contribution is 5.35. The molecule has 0 amide bonds. The van der Waals surface area contributed by atoms with Gasteiger partial charge in [-0.2, -0.15) is 0 Å². The van der Waals surface area contributed by atoms with Crippen LogP contribution in [-0.2, 0) is 11.8 Å². The SMILES string of the molecule is C=CC(C)(CCCc1cccc(Oc2ccc(C)cc2)c1)c1ccc(F)cc1. The number of hydrogen-bond acceptors (Lipinski definition) is 1. The summed E-state index contributed by atoms with van der Waals surface area (Å²) in [7, 11) is 0. The summed E-state index contributed by atoms with van der Waals surface area (Å²) < 4.78 is 19.2. The molecule has 0 N–H and O–H groups in total. The monoisotopic (exact) mass is 374 g/mol. The predicted octanol–water partition coefficient (Wildman–Crippen LogP) is 7.39. The highest BCUT2D eigenvalue weighted by atomic mass is 19.1. The Balaban J connectivity index is 1.61. The van der Waals surface area contributed by atoms with E-state index in [2.05, 4.69) is 32.6 Å². The standard InChI is InChI=1S/C26H27FO/c1-4-26(3,22-12-14-23(27)15-13-22)18-6-8-21-7-5-9-25(19-21)28-24-16-10-20(2)11-17-24/h4-5,7,9-17,19H,1,6,8,18H2,2-3H3. The summed E-state index contributed by atoms with van der Waals surface area (Å²) in [4.78, 5) is 0. The van der Waals surface area contributed by atoms with Gasteiger partial charge in [-0.1, -0.05) is 55.0 Å². The molecule has 0 fully saturated rings. The van der Waals surface area contributed by atoms with Gasteiger partial charge < -0.3 is 4.74 Å². The zero-order chi connectivity index (χ0) is 20.0. The fraction of sp³-hybridized carbons (Fsp3) is 0.231. The van der Waals surface area contributed by atoms with Gasteiger partial charge in [0.1, 0.15) is 17.3 Å². The second kappa shape index (κ2) is 8.88. The molecule has 0 saturated carbocycles. The van der Waals surface area contributed by atoms with E-state index in [0.29, 0.717) is 0 Å².